The second kappa shape index (κ2) is 5.36. The standard InChI is InChI=1S/C11H15BrClNOS/c1-6-7(3-4-15-6)10(14-2)9-5-8(13)11(12)16-9/h5-7,10,14H,3-4H2,1-2H3. The quantitative estimate of drug-likeness (QED) is 0.912. The first-order valence-electron chi connectivity index (χ1n) is 5.37. The van der Waals surface area contributed by atoms with Gasteiger partial charge >= 0.3 is 0 Å². The molecule has 0 saturated carbocycles. The van der Waals surface area contributed by atoms with Crippen molar-refractivity contribution in [3.63, 3.8) is 0 Å². The van der Waals surface area contributed by atoms with Crippen LogP contribution >= 0.6 is 38.9 Å². The van der Waals surface area contributed by atoms with Crippen LogP contribution in [0.15, 0.2) is 9.85 Å². The highest BCUT2D eigenvalue weighted by Gasteiger charge is 2.33. The van der Waals surface area contributed by atoms with Crippen LogP contribution in [0.1, 0.15) is 24.3 Å². The highest BCUT2D eigenvalue weighted by Crippen LogP contribution is 2.40. The molecule has 1 saturated heterocycles. The SMILES string of the molecule is CNC(c1cc(Cl)c(Br)s1)C1CCOC1C. The van der Waals surface area contributed by atoms with Gasteiger partial charge in [0, 0.05) is 23.4 Å². The van der Waals surface area contributed by atoms with Gasteiger partial charge in [-0.1, -0.05) is 11.6 Å². The van der Waals surface area contributed by atoms with Gasteiger partial charge in [-0.05, 0) is 42.4 Å². The summed E-state index contributed by atoms with van der Waals surface area (Å²) in [6, 6.07) is 2.38. The molecule has 0 aromatic carbocycles. The van der Waals surface area contributed by atoms with Crippen LogP contribution < -0.4 is 5.32 Å². The van der Waals surface area contributed by atoms with Gasteiger partial charge in [-0.15, -0.1) is 11.3 Å². The van der Waals surface area contributed by atoms with E-state index in [1.165, 1.54) is 4.88 Å². The number of thiophene rings is 1. The molecule has 0 bridgehead atoms. The maximum Gasteiger partial charge on any atom is 0.0887 e. The Kier molecular flexibility index (Phi) is 4.30. The van der Waals surface area contributed by atoms with Gasteiger partial charge in [0.05, 0.1) is 14.9 Å². The van der Waals surface area contributed by atoms with Gasteiger partial charge in [0.2, 0.25) is 0 Å². The van der Waals surface area contributed by atoms with E-state index in [1.807, 2.05) is 13.1 Å². The summed E-state index contributed by atoms with van der Waals surface area (Å²) in [6.45, 7) is 3.01. The van der Waals surface area contributed by atoms with E-state index >= 15 is 0 Å². The number of hydrogen-bond donors (Lipinski definition) is 1. The minimum Gasteiger partial charge on any atom is -0.378 e. The van der Waals surface area contributed by atoms with Crippen LogP contribution in [-0.2, 0) is 4.74 Å². The summed E-state index contributed by atoms with van der Waals surface area (Å²) < 4.78 is 6.64. The smallest absolute Gasteiger partial charge is 0.0887 e. The third-order valence-electron chi connectivity index (χ3n) is 3.14. The summed E-state index contributed by atoms with van der Waals surface area (Å²) in [7, 11) is 2.00. The largest absolute Gasteiger partial charge is 0.378 e. The lowest BCUT2D eigenvalue weighted by Crippen LogP contribution is -2.28. The third kappa shape index (κ3) is 2.46. The normalized spacial score (nSPS) is 27.2. The van der Waals surface area contributed by atoms with Gasteiger partial charge in [-0.2, -0.15) is 0 Å². The Bertz CT molecular complexity index is 351. The Hall–Kier alpha value is 0.390. The van der Waals surface area contributed by atoms with Crippen molar-refractivity contribution >= 4 is 38.9 Å². The molecule has 16 heavy (non-hydrogen) atoms. The van der Waals surface area contributed by atoms with Gasteiger partial charge in [0.15, 0.2) is 0 Å². The summed E-state index contributed by atoms with van der Waals surface area (Å²) in [5.74, 6) is 0.534. The van der Waals surface area contributed by atoms with Gasteiger partial charge in [0.1, 0.15) is 0 Å². The second-order valence-corrected chi connectivity index (χ2v) is 6.87. The molecule has 1 aliphatic heterocycles. The topological polar surface area (TPSA) is 21.3 Å². The molecule has 0 spiro atoms. The third-order valence-corrected chi connectivity index (χ3v) is 5.70. The van der Waals surface area contributed by atoms with E-state index in [2.05, 4.69) is 28.2 Å². The molecule has 2 nitrogen and oxygen atoms in total. The number of rotatable bonds is 3. The molecule has 5 heteroatoms. The first-order chi connectivity index (χ1) is 7.63. The van der Waals surface area contributed by atoms with E-state index in [4.69, 9.17) is 16.3 Å². The van der Waals surface area contributed by atoms with E-state index in [0.717, 1.165) is 21.8 Å². The molecule has 0 amide bonds. The summed E-state index contributed by atoms with van der Waals surface area (Å²) >= 11 is 11.2. The lowest BCUT2D eigenvalue weighted by molar-refractivity contribution is 0.0966. The predicted molar refractivity (Wildman–Crippen MR) is 72.4 cm³/mol. The molecule has 0 aliphatic carbocycles. The van der Waals surface area contributed by atoms with Crippen LogP contribution in [0, 0.1) is 5.92 Å². The minimum absolute atomic E-state index is 0.317. The van der Waals surface area contributed by atoms with Crippen LogP contribution in [0.4, 0.5) is 0 Å². The molecular formula is C11H15BrClNOS. The zero-order valence-electron chi connectivity index (χ0n) is 9.30. The minimum atomic E-state index is 0.317. The van der Waals surface area contributed by atoms with Gasteiger partial charge in [-0.25, -0.2) is 0 Å². The van der Waals surface area contributed by atoms with Crippen LogP contribution in [0.25, 0.3) is 0 Å². The molecule has 1 N–H and O–H groups in total. The summed E-state index contributed by atoms with van der Waals surface area (Å²) in [5.41, 5.74) is 0. The van der Waals surface area contributed by atoms with E-state index in [0.29, 0.717) is 18.1 Å². The van der Waals surface area contributed by atoms with Gasteiger partial charge < -0.3 is 10.1 Å². The van der Waals surface area contributed by atoms with Crippen molar-refractivity contribution in [2.75, 3.05) is 13.7 Å². The molecule has 90 valence electrons. The maximum atomic E-state index is 6.08. The first-order valence-corrected chi connectivity index (χ1v) is 7.36. The Morgan fingerprint density at radius 2 is 2.44 bits per heavy atom. The van der Waals surface area contributed by atoms with E-state index in [-0.39, 0.29) is 0 Å². The van der Waals surface area contributed by atoms with Crippen LogP contribution in [-0.4, -0.2) is 19.8 Å². The van der Waals surface area contributed by atoms with E-state index in [1.54, 1.807) is 11.3 Å². The molecule has 1 aromatic rings. The second-order valence-electron chi connectivity index (χ2n) is 4.07. The lowest BCUT2D eigenvalue weighted by Gasteiger charge is -2.24. The Balaban J connectivity index is 2.21. The van der Waals surface area contributed by atoms with Crippen molar-refractivity contribution < 1.29 is 4.74 Å². The molecule has 2 heterocycles. The molecule has 2 rings (SSSR count). The van der Waals surface area contributed by atoms with Crippen LogP contribution in [0.3, 0.4) is 0 Å². The molecule has 1 aromatic heterocycles. The van der Waals surface area contributed by atoms with Crippen LogP contribution in [0.2, 0.25) is 5.02 Å². The van der Waals surface area contributed by atoms with Crippen molar-refractivity contribution in [1.29, 1.82) is 0 Å². The predicted octanol–water partition coefficient (Wildman–Crippen LogP) is 3.85. The lowest BCUT2D eigenvalue weighted by atomic mass is 9.92. The highest BCUT2D eigenvalue weighted by molar-refractivity contribution is 9.11. The number of ether oxygens (including phenoxy) is 1. The Morgan fingerprint density at radius 1 is 1.69 bits per heavy atom. The average molecular weight is 325 g/mol. The fourth-order valence-corrected chi connectivity index (χ4v) is 4.20. The van der Waals surface area contributed by atoms with Crippen molar-refractivity contribution in [3.05, 3.63) is 19.8 Å². The summed E-state index contributed by atoms with van der Waals surface area (Å²) in [6.07, 6.45) is 1.43. The Labute approximate surface area is 113 Å². The number of nitrogens with one attached hydrogen (secondary N) is 1. The molecule has 3 atom stereocenters. The molecule has 1 fully saturated rings. The van der Waals surface area contributed by atoms with Gasteiger partial charge in [-0.3, -0.25) is 0 Å². The number of hydrogen-bond acceptors (Lipinski definition) is 3. The summed E-state index contributed by atoms with van der Waals surface area (Å²) in [4.78, 5) is 1.28. The fraction of sp³-hybridized carbons (Fsp3) is 0.636. The van der Waals surface area contributed by atoms with Crippen molar-refractivity contribution in [1.82, 2.24) is 5.32 Å². The molecular weight excluding hydrogens is 310 g/mol. The van der Waals surface area contributed by atoms with Crippen molar-refractivity contribution in [2.24, 2.45) is 5.92 Å². The van der Waals surface area contributed by atoms with E-state index < -0.39 is 0 Å². The zero-order valence-corrected chi connectivity index (χ0v) is 12.5. The van der Waals surface area contributed by atoms with Crippen LogP contribution in [0.5, 0.6) is 0 Å². The van der Waals surface area contributed by atoms with Crippen molar-refractivity contribution in [3.8, 4) is 0 Å². The van der Waals surface area contributed by atoms with E-state index in [9.17, 15) is 0 Å². The zero-order chi connectivity index (χ0) is 11.7. The molecule has 1 aliphatic rings. The monoisotopic (exact) mass is 323 g/mol. The number of halogens is 2. The highest BCUT2D eigenvalue weighted by atomic mass is 79.9. The summed E-state index contributed by atoms with van der Waals surface area (Å²) in [5, 5.41) is 4.18. The van der Waals surface area contributed by atoms with Crippen molar-refractivity contribution in [2.45, 2.75) is 25.5 Å². The maximum absolute atomic E-state index is 6.08. The average Bonchev–Trinajstić information content (AvgIpc) is 2.78. The van der Waals surface area contributed by atoms with Gasteiger partial charge in [0.25, 0.3) is 0 Å². The molecule has 3 unspecified atom stereocenters. The first kappa shape index (κ1) is 12.8. The Morgan fingerprint density at radius 3 is 2.88 bits per heavy atom. The fourth-order valence-electron chi connectivity index (χ4n) is 2.27. The molecule has 0 radical (unpaired) electrons.